The number of hydrogen-bond donors (Lipinski definition) is 1. The van der Waals surface area contributed by atoms with Gasteiger partial charge in [-0.1, -0.05) is 12.1 Å². The molecule has 2 fully saturated rings. The minimum Gasteiger partial charge on any atom is -0.484 e. The largest absolute Gasteiger partial charge is 0.484 e. The van der Waals surface area contributed by atoms with Gasteiger partial charge in [0.15, 0.2) is 0 Å². The molecule has 2 aromatic carbocycles. The number of ether oxygens (including phenoxy) is 1. The molecule has 3 aliphatic rings. The fraction of sp³-hybridized carbons (Fsp3) is 0.400. The van der Waals surface area contributed by atoms with Crippen LogP contribution in [0.25, 0.3) is 0 Å². The van der Waals surface area contributed by atoms with Crippen LogP contribution in [0.4, 0.5) is 10.1 Å². The van der Waals surface area contributed by atoms with E-state index in [4.69, 9.17) is 4.74 Å². The lowest BCUT2D eigenvalue weighted by Gasteiger charge is -2.42. The average Bonchev–Trinajstić information content (AvgIpc) is 3.25. The minimum atomic E-state index is -0.646. The second-order valence-corrected chi connectivity index (χ2v) is 8.99. The monoisotopic (exact) mass is 451 g/mol. The molecule has 8 heteroatoms. The quantitative estimate of drug-likeness (QED) is 0.761. The first-order valence-electron chi connectivity index (χ1n) is 11.4. The Hall–Kier alpha value is -3.42. The first kappa shape index (κ1) is 21.4. The molecule has 0 bridgehead atoms. The number of nitrogens with one attached hydrogen (secondary N) is 1. The van der Waals surface area contributed by atoms with E-state index >= 15 is 0 Å². The van der Waals surface area contributed by atoms with Gasteiger partial charge in [-0.3, -0.25) is 14.4 Å². The van der Waals surface area contributed by atoms with Gasteiger partial charge >= 0.3 is 0 Å². The van der Waals surface area contributed by atoms with E-state index in [9.17, 15) is 18.8 Å². The summed E-state index contributed by atoms with van der Waals surface area (Å²) in [5.74, 6) is -0.169. The number of piperidine rings is 1. The van der Waals surface area contributed by atoms with Gasteiger partial charge in [0, 0.05) is 38.0 Å². The van der Waals surface area contributed by atoms with Crippen LogP contribution in [0.3, 0.4) is 0 Å². The Labute approximate surface area is 191 Å². The summed E-state index contributed by atoms with van der Waals surface area (Å²) in [5.41, 5.74) is 0.399. The number of carbonyl (C=O) groups excluding carboxylic acids is 3. The first-order valence-corrected chi connectivity index (χ1v) is 11.4. The Bertz CT molecular complexity index is 1080. The van der Waals surface area contributed by atoms with Crippen LogP contribution < -0.4 is 10.1 Å². The second kappa shape index (κ2) is 8.50. The summed E-state index contributed by atoms with van der Waals surface area (Å²) in [6.07, 6.45) is 2.68. The zero-order valence-electron chi connectivity index (χ0n) is 18.3. The van der Waals surface area contributed by atoms with Crippen LogP contribution in [0.5, 0.6) is 5.75 Å². The van der Waals surface area contributed by atoms with Crippen molar-refractivity contribution >= 4 is 23.4 Å². The average molecular weight is 451 g/mol. The molecule has 1 spiro atoms. The number of fused-ring (bicyclic) bond motifs is 1. The molecular weight excluding hydrogens is 425 g/mol. The van der Waals surface area contributed by atoms with Crippen molar-refractivity contribution in [3.63, 3.8) is 0 Å². The lowest BCUT2D eigenvalue weighted by molar-refractivity contribution is -0.139. The SMILES string of the molecule is O=C1CC2(CCN(C(=O)C3CCCN3C(=O)c3ccc(F)cc3)CC2)Oc2ccccc2N1. The molecule has 3 aliphatic heterocycles. The number of anilines is 1. The molecule has 1 N–H and O–H groups in total. The van der Waals surface area contributed by atoms with Gasteiger partial charge in [0.25, 0.3) is 5.91 Å². The van der Waals surface area contributed by atoms with Crippen LogP contribution in [0.1, 0.15) is 42.5 Å². The van der Waals surface area contributed by atoms with E-state index in [1.807, 2.05) is 24.3 Å². The fourth-order valence-corrected chi connectivity index (χ4v) is 5.06. The van der Waals surface area contributed by atoms with Crippen molar-refractivity contribution in [2.45, 2.75) is 43.7 Å². The molecule has 172 valence electrons. The third-order valence-electron chi connectivity index (χ3n) is 6.85. The van der Waals surface area contributed by atoms with Crippen molar-refractivity contribution in [1.29, 1.82) is 0 Å². The number of halogens is 1. The zero-order chi connectivity index (χ0) is 23.0. The molecule has 2 saturated heterocycles. The topological polar surface area (TPSA) is 79.0 Å². The van der Waals surface area contributed by atoms with Gasteiger partial charge in [0.05, 0.1) is 12.1 Å². The minimum absolute atomic E-state index is 0.0729. The van der Waals surface area contributed by atoms with Gasteiger partial charge in [-0.2, -0.15) is 0 Å². The molecule has 7 nitrogen and oxygen atoms in total. The van der Waals surface area contributed by atoms with Crippen LogP contribution in [-0.2, 0) is 9.59 Å². The normalized spacial score (nSPS) is 21.7. The number of amides is 3. The number of benzene rings is 2. The molecule has 33 heavy (non-hydrogen) atoms. The highest BCUT2D eigenvalue weighted by Crippen LogP contribution is 2.38. The molecule has 5 rings (SSSR count). The van der Waals surface area contributed by atoms with Crippen molar-refractivity contribution in [2.75, 3.05) is 25.0 Å². The van der Waals surface area contributed by atoms with Crippen LogP contribution in [0.15, 0.2) is 48.5 Å². The molecule has 3 amide bonds. The maximum atomic E-state index is 13.4. The Morgan fingerprint density at radius 1 is 1.03 bits per heavy atom. The summed E-state index contributed by atoms with van der Waals surface area (Å²) in [6.45, 7) is 1.43. The van der Waals surface area contributed by atoms with E-state index in [-0.39, 0.29) is 24.1 Å². The molecule has 3 heterocycles. The molecule has 0 radical (unpaired) electrons. The van der Waals surface area contributed by atoms with Crippen molar-refractivity contribution in [2.24, 2.45) is 0 Å². The van der Waals surface area contributed by atoms with E-state index in [2.05, 4.69) is 5.32 Å². The molecule has 1 atom stereocenters. The Morgan fingerprint density at radius 2 is 1.76 bits per heavy atom. The summed E-state index contributed by atoms with van der Waals surface area (Å²) >= 11 is 0. The van der Waals surface area contributed by atoms with Gasteiger partial charge in [0.1, 0.15) is 23.2 Å². The van der Waals surface area contributed by atoms with Crippen molar-refractivity contribution in [1.82, 2.24) is 9.80 Å². The standard InChI is InChI=1S/C25H26FN3O4/c26-18-9-7-17(8-10-18)23(31)29-13-3-5-20(29)24(32)28-14-11-25(12-15-28)16-22(30)27-19-4-1-2-6-21(19)33-25/h1-2,4,6-10,20H,3,5,11-16H2,(H,27,30). The number of rotatable bonds is 2. The van der Waals surface area contributed by atoms with Gasteiger partial charge in [-0.15, -0.1) is 0 Å². The Balaban J connectivity index is 1.27. The van der Waals surface area contributed by atoms with Gasteiger partial charge in [0.2, 0.25) is 11.8 Å². The van der Waals surface area contributed by atoms with Gasteiger partial charge in [-0.05, 0) is 49.2 Å². The molecule has 1 unspecified atom stereocenters. The predicted molar refractivity (Wildman–Crippen MR) is 119 cm³/mol. The highest BCUT2D eigenvalue weighted by molar-refractivity contribution is 5.98. The Morgan fingerprint density at radius 3 is 2.52 bits per heavy atom. The maximum Gasteiger partial charge on any atom is 0.254 e. The summed E-state index contributed by atoms with van der Waals surface area (Å²) in [7, 11) is 0. The number of likely N-dealkylation sites (tertiary alicyclic amines) is 2. The van der Waals surface area contributed by atoms with Crippen LogP contribution >= 0.6 is 0 Å². The van der Waals surface area contributed by atoms with Crippen LogP contribution in [-0.4, -0.2) is 58.8 Å². The summed E-state index contributed by atoms with van der Waals surface area (Å²) < 4.78 is 19.6. The second-order valence-electron chi connectivity index (χ2n) is 8.99. The van der Waals surface area contributed by atoms with Crippen LogP contribution in [0, 0.1) is 5.82 Å². The molecular formula is C25H26FN3O4. The lowest BCUT2D eigenvalue weighted by Crippen LogP contribution is -2.54. The maximum absolute atomic E-state index is 13.4. The summed E-state index contributed by atoms with van der Waals surface area (Å²) in [5, 5.41) is 2.90. The smallest absolute Gasteiger partial charge is 0.254 e. The van der Waals surface area contributed by atoms with E-state index < -0.39 is 17.5 Å². The predicted octanol–water partition coefficient (Wildman–Crippen LogP) is 3.21. The van der Waals surface area contributed by atoms with E-state index in [0.717, 1.165) is 6.42 Å². The van der Waals surface area contributed by atoms with Crippen molar-refractivity contribution in [3.05, 3.63) is 59.9 Å². The van der Waals surface area contributed by atoms with Gasteiger partial charge < -0.3 is 19.9 Å². The van der Waals surface area contributed by atoms with Crippen molar-refractivity contribution in [3.8, 4) is 5.75 Å². The van der Waals surface area contributed by atoms with E-state index in [0.29, 0.717) is 55.9 Å². The molecule has 0 saturated carbocycles. The van der Waals surface area contributed by atoms with Gasteiger partial charge in [-0.25, -0.2) is 4.39 Å². The molecule has 2 aromatic rings. The van der Waals surface area contributed by atoms with Crippen LogP contribution in [0.2, 0.25) is 0 Å². The lowest BCUT2D eigenvalue weighted by atomic mass is 9.87. The summed E-state index contributed by atoms with van der Waals surface area (Å²) in [6, 6.07) is 12.3. The number of carbonyl (C=O) groups is 3. The number of hydrogen-bond acceptors (Lipinski definition) is 4. The third kappa shape index (κ3) is 4.17. The fourth-order valence-electron chi connectivity index (χ4n) is 5.06. The highest BCUT2D eigenvalue weighted by atomic mass is 19.1. The van der Waals surface area contributed by atoms with E-state index in [1.54, 1.807) is 9.80 Å². The number of para-hydroxylation sites is 2. The summed E-state index contributed by atoms with van der Waals surface area (Å²) in [4.78, 5) is 42.2. The first-order chi connectivity index (χ1) is 15.9. The molecule has 0 aliphatic carbocycles. The Kier molecular flexibility index (Phi) is 5.52. The molecule has 0 aromatic heterocycles. The highest BCUT2D eigenvalue weighted by Gasteiger charge is 2.44. The van der Waals surface area contributed by atoms with E-state index in [1.165, 1.54) is 24.3 Å². The third-order valence-corrected chi connectivity index (χ3v) is 6.85. The van der Waals surface area contributed by atoms with Crippen molar-refractivity contribution < 1.29 is 23.5 Å². The zero-order valence-corrected chi connectivity index (χ0v) is 18.3. The number of nitrogens with zero attached hydrogens (tertiary/aromatic N) is 2.